The van der Waals surface area contributed by atoms with E-state index in [0.29, 0.717) is 39.4 Å². The molecule has 0 radical (unpaired) electrons. The van der Waals surface area contributed by atoms with Crippen LogP contribution in [0.15, 0.2) is 51.5 Å². The zero-order valence-electron chi connectivity index (χ0n) is 15.1. The number of hydrogen-bond donors (Lipinski definition) is 2. The molecule has 2 aromatic rings. The molecule has 2 N–H and O–H groups in total. The molecule has 1 amide bonds. The molecule has 0 fully saturated rings. The van der Waals surface area contributed by atoms with Gasteiger partial charge in [-0.2, -0.15) is 10.1 Å². The monoisotopic (exact) mass is 444 g/mol. The van der Waals surface area contributed by atoms with Gasteiger partial charge in [0.2, 0.25) is 0 Å². The number of nitrogens with zero attached hydrogens (tertiary/aromatic N) is 2. The Balaban J connectivity index is 1.94. The number of carbonyl (C=O) groups excluding carboxylic acids is 1. The summed E-state index contributed by atoms with van der Waals surface area (Å²) in [6.07, 6.45) is 1.67. The van der Waals surface area contributed by atoms with Gasteiger partial charge in [0.05, 0.1) is 29.1 Å². The minimum Gasteiger partial charge on any atom is -0.504 e. The first-order chi connectivity index (χ1) is 13.3. The number of carboxylic acid groups (broad SMARTS) is 1. The van der Waals surface area contributed by atoms with Crippen molar-refractivity contribution in [2.75, 3.05) is 11.6 Å². The molecule has 0 aliphatic carbocycles. The molecule has 28 heavy (non-hydrogen) atoms. The lowest BCUT2D eigenvalue weighted by atomic mass is 10.1. The van der Waals surface area contributed by atoms with E-state index >= 15 is 0 Å². The van der Waals surface area contributed by atoms with Crippen molar-refractivity contribution in [3.8, 4) is 11.5 Å². The van der Waals surface area contributed by atoms with Crippen LogP contribution in [0.3, 0.4) is 0 Å². The number of ether oxygens (including phenoxy) is 1. The molecule has 8 heteroatoms. The number of aromatic carboxylic acids is 1. The van der Waals surface area contributed by atoms with Crippen LogP contribution in [0.1, 0.15) is 29.8 Å². The Kier molecular flexibility index (Phi) is 5.51. The second kappa shape index (κ2) is 7.85. The van der Waals surface area contributed by atoms with Gasteiger partial charge in [-0.05, 0) is 61.9 Å². The van der Waals surface area contributed by atoms with Gasteiger partial charge in [0.1, 0.15) is 0 Å². The summed E-state index contributed by atoms with van der Waals surface area (Å²) in [4.78, 5) is 23.8. The number of carbonyl (C=O) groups is 2. The number of benzene rings is 2. The van der Waals surface area contributed by atoms with Crippen molar-refractivity contribution in [2.45, 2.75) is 13.8 Å². The molecular weight excluding hydrogens is 428 g/mol. The fourth-order valence-corrected chi connectivity index (χ4v) is 3.15. The van der Waals surface area contributed by atoms with Crippen molar-refractivity contribution in [2.24, 2.45) is 5.10 Å². The molecule has 2 aromatic carbocycles. The summed E-state index contributed by atoms with van der Waals surface area (Å²) >= 11 is 3.38. The van der Waals surface area contributed by atoms with Gasteiger partial charge in [-0.3, -0.25) is 4.79 Å². The van der Waals surface area contributed by atoms with E-state index in [1.807, 2.05) is 6.92 Å². The number of aromatic hydroxyl groups is 1. The molecule has 1 aliphatic rings. The molecule has 144 valence electrons. The van der Waals surface area contributed by atoms with Crippen LogP contribution in [0.4, 0.5) is 5.69 Å². The maximum absolute atomic E-state index is 12.9. The molecule has 0 aromatic heterocycles. The van der Waals surface area contributed by atoms with Crippen LogP contribution < -0.4 is 9.75 Å². The van der Waals surface area contributed by atoms with Crippen LogP contribution in [0.2, 0.25) is 0 Å². The zero-order valence-corrected chi connectivity index (χ0v) is 16.7. The Morgan fingerprint density at radius 3 is 2.57 bits per heavy atom. The second-order valence-corrected chi connectivity index (χ2v) is 6.84. The molecule has 3 rings (SSSR count). The van der Waals surface area contributed by atoms with Gasteiger partial charge in [-0.1, -0.05) is 15.9 Å². The highest BCUT2D eigenvalue weighted by molar-refractivity contribution is 9.10. The Morgan fingerprint density at radius 1 is 1.29 bits per heavy atom. The van der Waals surface area contributed by atoms with Crippen LogP contribution in [-0.4, -0.2) is 34.4 Å². The Morgan fingerprint density at radius 2 is 1.96 bits per heavy atom. The number of amides is 1. The number of phenolic OH excluding ortho intramolecular Hbond substituents is 1. The minimum atomic E-state index is -1.04. The molecule has 0 unspecified atom stereocenters. The summed E-state index contributed by atoms with van der Waals surface area (Å²) in [7, 11) is 0. The first-order valence-electron chi connectivity index (χ1n) is 8.42. The molecule has 1 aliphatic heterocycles. The number of carboxylic acids is 1. The van der Waals surface area contributed by atoms with Crippen molar-refractivity contribution in [3.05, 3.63) is 57.6 Å². The van der Waals surface area contributed by atoms with Crippen LogP contribution in [0.25, 0.3) is 6.08 Å². The summed E-state index contributed by atoms with van der Waals surface area (Å²) < 4.78 is 6.00. The van der Waals surface area contributed by atoms with Gasteiger partial charge in [0.25, 0.3) is 5.91 Å². The van der Waals surface area contributed by atoms with E-state index in [9.17, 15) is 14.7 Å². The molecule has 0 atom stereocenters. The predicted molar refractivity (Wildman–Crippen MR) is 109 cm³/mol. The smallest absolute Gasteiger partial charge is 0.335 e. The summed E-state index contributed by atoms with van der Waals surface area (Å²) in [5.41, 5.74) is 2.16. The van der Waals surface area contributed by atoms with Gasteiger partial charge in [-0.15, -0.1) is 0 Å². The third kappa shape index (κ3) is 3.77. The fraction of sp³-hybridized carbons (Fsp3) is 0.150. The normalized spacial score (nSPS) is 15.1. The molecule has 7 nitrogen and oxygen atoms in total. The minimum absolute atomic E-state index is 0.000778. The number of phenols is 1. The van der Waals surface area contributed by atoms with Crippen LogP contribution in [0.5, 0.6) is 11.5 Å². The molecule has 0 saturated heterocycles. The SMILES string of the molecule is CCOc1cc(/C=C2/C(=O)N(c3ccc(C(=O)O)cc3)N=C2C)c(Br)cc1O. The topological polar surface area (TPSA) is 99.4 Å². The number of anilines is 1. The van der Waals surface area contributed by atoms with Gasteiger partial charge < -0.3 is 14.9 Å². The van der Waals surface area contributed by atoms with E-state index < -0.39 is 5.97 Å². The molecule has 0 bridgehead atoms. The number of rotatable bonds is 5. The number of hydrazone groups is 1. The summed E-state index contributed by atoms with van der Waals surface area (Å²) in [6.45, 7) is 3.92. The largest absolute Gasteiger partial charge is 0.504 e. The number of halogens is 1. The molecular formula is C20H17BrN2O5. The van der Waals surface area contributed by atoms with E-state index in [-0.39, 0.29) is 17.2 Å². The third-order valence-corrected chi connectivity index (χ3v) is 4.79. The zero-order chi connectivity index (χ0) is 20.4. The van der Waals surface area contributed by atoms with Crippen molar-refractivity contribution in [3.63, 3.8) is 0 Å². The van der Waals surface area contributed by atoms with Crippen molar-refractivity contribution < 1.29 is 24.5 Å². The van der Waals surface area contributed by atoms with E-state index in [4.69, 9.17) is 9.84 Å². The first-order valence-corrected chi connectivity index (χ1v) is 9.21. The summed E-state index contributed by atoms with van der Waals surface area (Å²) in [6, 6.07) is 9.05. The third-order valence-electron chi connectivity index (χ3n) is 4.10. The standard InChI is InChI=1S/C20H17BrN2O5/c1-3-28-18-9-13(16(21)10-17(18)24)8-15-11(2)22-23(19(15)25)14-6-4-12(5-7-14)20(26)27/h4-10,24H,3H2,1-2H3,(H,26,27)/b15-8+. The lowest BCUT2D eigenvalue weighted by Gasteiger charge is -2.12. The van der Waals surface area contributed by atoms with E-state index in [1.165, 1.54) is 35.3 Å². The van der Waals surface area contributed by atoms with E-state index in [1.54, 1.807) is 19.1 Å². The number of hydrogen-bond acceptors (Lipinski definition) is 5. The van der Waals surface area contributed by atoms with E-state index in [0.717, 1.165) is 0 Å². The first kappa shape index (κ1) is 19.6. The predicted octanol–water partition coefficient (Wildman–Crippen LogP) is 4.06. The van der Waals surface area contributed by atoms with Gasteiger partial charge in [0, 0.05) is 4.47 Å². The Hall–Kier alpha value is -3.13. The van der Waals surface area contributed by atoms with Crippen molar-refractivity contribution in [1.82, 2.24) is 0 Å². The quantitative estimate of drug-likeness (QED) is 0.677. The highest BCUT2D eigenvalue weighted by atomic mass is 79.9. The average Bonchev–Trinajstić information content (AvgIpc) is 2.94. The molecule has 0 saturated carbocycles. The van der Waals surface area contributed by atoms with Gasteiger partial charge >= 0.3 is 5.97 Å². The lowest BCUT2D eigenvalue weighted by molar-refractivity contribution is -0.114. The second-order valence-electron chi connectivity index (χ2n) is 5.99. The van der Waals surface area contributed by atoms with Crippen molar-refractivity contribution >= 4 is 45.3 Å². The van der Waals surface area contributed by atoms with Gasteiger partial charge in [-0.25, -0.2) is 4.79 Å². The van der Waals surface area contributed by atoms with Crippen molar-refractivity contribution in [1.29, 1.82) is 0 Å². The van der Waals surface area contributed by atoms with Crippen LogP contribution >= 0.6 is 15.9 Å². The van der Waals surface area contributed by atoms with Crippen LogP contribution in [-0.2, 0) is 4.79 Å². The molecule has 0 spiro atoms. The highest BCUT2D eigenvalue weighted by Crippen LogP contribution is 2.35. The van der Waals surface area contributed by atoms with Gasteiger partial charge in [0.15, 0.2) is 11.5 Å². The Labute approximate surface area is 169 Å². The summed E-state index contributed by atoms with van der Waals surface area (Å²) in [5, 5.41) is 24.5. The molecule has 1 heterocycles. The highest BCUT2D eigenvalue weighted by Gasteiger charge is 2.29. The lowest BCUT2D eigenvalue weighted by Crippen LogP contribution is -2.21. The van der Waals surface area contributed by atoms with Crippen LogP contribution in [0, 0.1) is 0 Å². The summed E-state index contributed by atoms with van der Waals surface area (Å²) in [5.74, 6) is -1.06. The Bertz CT molecular complexity index is 1010. The average molecular weight is 445 g/mol. The fourth-order valence-electron chi connectivity index (χ4n) is 2.70. The van der Waals surface area contributed by atoms with E-state index in [2.05, 4.69) is 21.0 Å². The maximum atomic E-state index is 12.9. The maximum Gasteiger partial charge on any atom is 0.335 e.